The van der Waals surface area contributed by atoms with Gasteiger partial charge in [-0.25, -0.2) is 0 Å². The zero-order valence-electron chi connectivity index (χ0n) is 25.3. The highest BCUT2D eigenvalue weighted by molar-refractivity contribution is 5.87. The van der Waals surface area contributed by atoms with E-state index in [9.17, 15) is 0 Å². The molecule has 45 heavy (non-hydrogen) atoms. The van der Waals surface area contributed by atoms with Gasteiger partial charge in [-0.1, -0.05) is 146 Å². The van der Waals surface area contributed by atoms with Gasteiger partial charge in [-0.05, 0) is 93.4 Å². The van der Waals surface area contributed by atoms with Crippen LogP contribution in [0.15, 0.2) is 182 Å². The van der Waals surface area contributed by atoms with E-state index in [-0.39, 0.29) is 5.41 Å². The van der Waals surface area contributed by atoms with Gasteiger partial charge in [0.05, 0.1) is 0 Å². The molecule has 1 unspecified atom stereocenters. The predicted octanol–water partition coefficient (Wildman–Crippen LogP) is 11.8. The average molecular weight is 576 g/mol. The average Bonchev–Trinajstić information content (AvgIpc) is 3.38. The summed E-state index contributed by atoms with van der Waals surface area (Å²) in [7, 11) is 0. The number of hydrogen-bond donors (Lipinski definition) is 0. The van der Waals surface area contributed by atoms with Crippen molar-refractivity contribution in [3.05, 3.63) is 199 Å². The molecule has 7 aromatic rings. The molecule has 0 amide bonds. The van der Waals surface area contributed by atoms with E-state index in [4.69, 9.17) is 0 Å². The lowest BCUT2D eigenvalue weighted by Gasteiger charge is -2.31. The molecule has 7 aromatic carbocycles. The molecular formula is C44H33N. The summed E-state index contributed by atoms with van der Waals surface area (Å²) >= 11 is 0. The number of benzene rings is 7. The van der Waals surface area contributed by atoms with Crippen LogP contribution >= 0.6 is 0 Å². The van der Waals surface area contributed by atoms with E-state index in [1.165, 1.54) is 50.1 Å². The molecule has 0 aliphatic heterocycles. The van der Waals surface area contributed by atoms with E-state index in [1.807, 2.05) is 0 Å². The van der Waals surface area contributed by atoms with E-state index in [0.717, 1.165) is 17.1 Å². The highest BCUT2D eigenvalue weighted by Gasteiger charge is 2.41. The van der Waals surface area contributed by atoms with E-state index in [1.54, 1.807) is 0 Å². The lowest BCUT2D eigenvalue weighted by molar-refractivity contribution is 0.714. The molecule has 0 bridgehead atoms. The van der Waals surface area contributed by atoms with E-state index < -0.39 is 0 Å². The maximum absolute atomic E-state index is 2.42. The molecule has 0 spiro atoms. The maximum Gasteiger partial charge on any atom is 0.0465 e. The van der Waals surface area contributed by atoms with Crippen LogP contribution in [-0.2, 0) is 5.41 Å². The number of rotatable bonds is 6. The van der Waals surface area contributed by atoms with Crippen molar-refractivity contribution in [1.82, 2.24) is 0 Å². The lowest BCUT2D eigenvalue weighted by Crippen LogP contribution is -2.22. The van der Waals surface area contributed by atoms with Crippen LogP contribution in [-0.4, -0.2) is 0 Å². The standard InChI is InChI=1S/C44H33N/c1-44(36-17-9-4-10-18-36)42-20-12-11-19-40(42)41-30-29-39(31-43(41)44)45(37-25-21-34(22-26-37)32-13-5-2-6-14-32)38-27-23-35(24-28-38)33-15-7-3-8-16-33/h2-31H,1H3. The molecule has 0 aromatic heterocycles. The normalized spacial score (nSPS) is 14.9. The largest absolute Gasteiger partial charge is 0.310 e. The van der Waals surface area contributed by atoms with Gasteiger partial charge in [0.2, 0.25) is 0 Å². The maximum atomic E-state index is 2.42. The Bertz CT molecular complexity index is 2000. The molecule has 0 heterocycles. The quantitative estimate of drug-likeness (QED) is 0.191. The van der Waals surface area contributed by atoms with Gasteiger partial charge in [0.15, 0.2) is 0 Å². The Morgan fingerprint density at radius 2 is 0.778 bits per heavy atom. The molecule has 1 atom stereocenters. The van der Waals surface area contributed by atoms with Crippen molar-refractivity contribution >= 4 is 17.1 Å². The molecule has 0 saturated carbocycles. The number of hydrogen-bond acceptors (Lipinski definition) is 1. The minimum Gasteiger partial charge on any atom is -0.310 e. The van der Waals surface area contributed by atoms with Crippen LogP contribution in [0.25, 0.3) is 33.4 Å². The molecule has 0 fully saturated rings. The molecule has 0 saturated heterocycles. The van der Waals surface area contributed by atoms with Crippen molar-refractivity contribution in [2.45, 2.75) is 12.3 Å². The SMILES string of the molecule is CC1(c2ccccc2)c2ccccc2-c2ccc(N(c3ccc(-c4ccccc4)cc3)c3ccc(-c4ccccc4)cc3)cc21. The third-order valence-corrected chi connectivity index (χ3v) is 9.37. The summed E-state index contributed by atoms with van der Waals surface area (Å²) < 4.78 is 0. The fourth-order valence-electron chi connectivity index (χ4n) is 7.02. The molecule has 0 N–H and O–H groups in total. The lowest BCUT2D eigenvalue weighted by atomic mass is 9.74. The monoisotopic (exact) mass is 575 g/mol. The van der Waals surface area contributed by atoms with Crippen LogP contribution in [0.3, 0.4) is 0 Å². The summed E-state index contributed by atoms with van der Waals surface area (Å²) in [5.41, 5.74) is 14.6. The molecule has 1 nitrogen and oxygen atoms in total. The molecule has 1 aliphatic carbocycles. The minimum absolute atomic E-state index is 0.261. The first-order valence-corrected chi connectivity index (χ1v) is 15.6. The number of anilines is 3. The first-order valence-electron chi connectivity index (χ1n) is 15.6. The Hall–Kier alpha value is -5.66. The van der Waals surface area contributed by atoms with Crippen molar-refractivity contribution < 1.29 is 0 Å². The Kier molecular flexibility index (Phi) is 6.65. The molecule has 0 radical (unpaired) electrons. The van der Waals surface area contributed by atoms with Gasteiger partial charge >= 0.3 is 0 Å². The molecular weight excluding hydrogens is 542 g/mol. The molecule has 1 heteroatoms. The smallest absolute Gasteiger partial charge is 0.0465 e. The fraction of sp³-hybridized carbons (Fsp3) is 0.0455. The number of fused-ring (bicyclic) bond motifs is 3. The summed E-state index contributed by atoms with van der Waals surface area (Å²) in [6.45, 7) is 2.38. The molecule has 1 aliphatic rings. The van der Waals surface area contributed by atoms with E-state index in [2.05, 4.69) is 194 Å². The van der Waals surface area contributed by atoms with Gasteiger partial charge < -0.3 is 4.90 Å². The van der Waals surface area contributed by atoms with E-state index >= 15 is 0 Å². The van der Waals surface area contributed by atoms with Gasteiger partial charge in [0, 0.05) is 22.5 Å². The molecule has 214 valence electrons. The van der Waals surface area contributed by atoms with Crippen LogP contribution in [0, 0.1) is 0 Å². The van der Waals surface area contributed by atoms with Gasteiger partial charge in [0.25, 0.3) is 0 Å². The predicted molar refractivity (Wildman–Crippen MR) is 189 cm³/mol. The van der Waals surface area contributed by atoms with Crippen molar-refractivity contribution in [3.8, 4) is 33.4 Å². The highest BCUT2D eigenvalue weighted by atomic mass is 15.1. The Labute approximate surface area is 265 Å². The summed E-state index contributed by atoms with van der Waals surface area (Å²) in [5, 5.41) is 0. The molecule has 8 rings (SSSR count). The van der Waals surface area contributed by atoms with Gasteiger partial charge in [-0.2, -0.15) is 0 Å². The Morgan fingerprint density at radius 3 is 1.33 bits per heavy atom. The zero-order chi connectivity index (χ0) is 30.2. The summed E-state index contributed by atoms with van der Waals surface area (Å²) in [6, 6.07) is 65.9. The van der Waals surface area contributed by atoms with Crippen LogP contribution in [0.5, 0.6) is 0 Å². The second-order valence-corrected chi connectivity index (χ2v) is 11.9. The minimum atomic E-state index is -0.261. The van der Waals surface area contributed by atoms with Crippen LogP contribution < -0.4 is 4.90 Å². The second-order valence-electron chi connectivity index (χ2n) is 11.9. The van der Waals surface area contributed by atoms with Crippen molar-refractivity contribution in [2.75, 3.05) is 4.90 Å². The topological polar surface area (TPSA) is 3.24 Å². The Balaban J connectivity index is 1.28. The fourth-order valence-corrected chi connectivity index (χ4v) is 7.02. The first kappa shape index (κ1) is 26.9. The summed E-state index contributed by atoms with van der Waals surface area (Å²) in [6.07, 6.45) is 0. The van der Waals surface area contributed by atoms with Crippen LogP contribution in [0.1, 0.15) is 23.6 Å². The van der Waals surface area contributed by atoms with Gasteiger partial charge in [-0.15, -0.1) is 0 Å². The summed E-state index contributed by atoms with van der Waals surface area (Å²) in [4.78, 5) is 2.39. The van der Waals surface area contributed by atoms with Gasteiger partial charge in [0.1, 0.15) is 0 Å². The third-order valence-electron chi connectivity index (χ3n) is 9.37. The van der Waals surface area contributed by atoms with Crippen LogP contribution in [0.4, 0.5) is 17.1 Å². The summed E-state index contributed by atoms with van der Waals surface area (Å²) in [5.74, 6) is 0. The van der Waals surface area contributed by atoms with Crippen molar-refractivity contribution in [3.63, 3.8) is 0 Å². The van der Waals surface area contributed by atoms with Crippen molar-refractivity contribution in [2.24, 2.45) is 0 Å². The van der Waals surface area contributed by atoms with Crippen molar-refractivity contribution in [1.29, 1.82) is 0 Å². The highest BCUT2D eigenvalue weighted by Crippen LogP contribution is 2.53. The first-order chi connectivity index (χ1) is 22.2. The third kappa shape index (κ3) is 4.65. The number of nitrogens with zero attached hydrogens (tertiary/aromatic N) is 1. The zero-order valence-corrected chi connectivity index (χ0v) is 25.3. The van der Waals surface area contributed by atoms with E-state index in [0.29, 0.717) is 0 Å². The van der Waals surface area contributed by atoms with Crippen LogP contribution in [0.2, 0.25) is 0 Å². The van der Waals surface area contributed by atoms with Gasteiger partial charge in [-0.3, -0.25) is 0 Å². The Morgan fingerprint density at radius 1 is 0.356 bits per heavy atom. The second kappa shape index (κ2) is 11.1.